The molecule has 2 aliphatic rings. The van der Waals surface area contributed by atoms with E-state index >= 15 is 0 Å². The van der Waals surface area contributed by atoms with Gasteiger partial charge < -0.3 is 15.3 Å². The highest BCUT2D eigenvalue weighted by Crippen LogP contribution is 2.32. The number of nitrogens with one attached hydrogen (secondary N) is 1. The summed E-state index contributed by atoms with van der Waals surface area (Å²) in [5.41, 5.74) is 2.55. The van der Waals surface area contributed by atoms with E-state index in [1.54, 1.807) is 0 Å². The maximum absolute atomic E-state index is 9.55. The Labute approximate surface area is 129 Å². The van der Waals surface area contributed by atoms with Gasteiger partial charge in [0, 0.05) is 23.6 Å². The van der Waals surface area contributed by atoms with Crippen molar-refractivity contribution in [1.82, 2.24) is 5.32 Å². The second kappa shape index (κ2) is 6.46. The lowest BCUT2D eigenvalue weighted by Gasteiger charge is -2.37. The highest BCUT2D eigenvalue weighted by Gasteiger charge is 2.24. The maximum atomic E-state index is 9.55. The molecule has 0 bridgehead atoms. The van der Waals surface area contributed by atoms with Gasteiger partial charge in [0.05, 0.1) is 18.3 Å². The number of hydrogen-bond acceptors (Lipinski definition) is 3. The Balaban J connectivity index is 1.71. The molecule has 1 saturated carbocycles. The van der Waals surface area contributed by atoms with Crippen LogP contribution in [0.4, 0.5) is 5.69 Å². The zero-order valence-electron chi connectivity index (χ0n) is 11.8. The van der Waals surface area contributed by atoms with E-state index in [9.17, 15) is 5.11 Å². The lowest BCUT2D eigenvalue weighted by Crippen LogP contribution is -2.42. The molecular weight excluding hydrogens is 316 g/mol. The van der Waals surface area contributed by atoms with Crippen LogP contribution in [-0.4, -0.2) is 30.3 Å². The molecule has 0 amide bonds. The fraction of sp³-hybridized carbons (Fsp3) is 0.625. The van der Waals surface area contributed by atoms with Crippen LogP contribution < -0.4 is 10.2 Å². The second-order valence-corrected chi connectivity index (χ2v) is 6.82. The standard InChI is InChI=1S/C16H23BrN2O/c17-15-9-12(10-18-13-5-6-13)4-7-16(15)19-8-2-1-3-14(19)11-20/h4,7,9,13-14,18,20H,1-3,5-6,8,10-11H2. The smallest absolute Gasteiger partial charge is 0.0635 e. The van der Waals surface area contributed by atoms with Crippen LogP contribution in [-0.2, 0) is 6.54 Å². The van der Waals surface area contributed by atoms with Crippen molar-refractivity contribution >= 4 is 21.6 Å². The Bertz CT molecular complexity index is 462. The number of anilines is 1. The van der Waals surface area contributed by atoms with Gasteiger partial charge in [-0.1, -0.05) is 6.07 Å². The van der Waals surface area contributed by atoms with Crippen molar-refractivity contribution in [2.24, 2.45) is 0 Å². The third kappa shape index (κ3) is 3.35. The van der Waals surface area contributed by atoms with Crippen LogP contribution in [0, 0.1) is 0 Å². The quantitative estimate of drug-likeness (QED) is 0.866. The van der Waals surface area contributed by atoms with E-state index in [4.69, 9.17) is 0 Å². The van der Waals surface area contributed by atoms with Crippen molar-refractivity contribution in [2.75, 3.05) is 18.1 Å². The number of benzene rings is 1. The summed E-state index contributed by atoms with van der Waals surface area (Å²) >= 11 is 3.71. The zero-order valence-corrected chi connectivity index (χ0v) is 13.4. The first kappa shape index (κ1) is 14.4. The van der Waals surface area contributed by atoms with Gasteiger partial charge in [0.15, 0.2) is 0 Å². The van der Waals surface area contributed by atoms with Crippen LogP contribution in [0.15, 0.2) is 22.7 Å². The van der Waals surface area contributed by atoms with Crippen LogP contribution >= 0.6 is 15.9 Å². The lowest BCUT2D eigenvalue weighted by molar-refractivity contribution is 0.240. The van der Waals surface area contributed by atoms with E-state index in [1.807, 2.05) is 0 Å². The van der Waals surface area contributed by atoms with Gasteiger partial charge in [0.2, 0.25) is 0 Å². The molecule has 0 radical (unpaired) electrons. The molecule has 0 spiro atoms. The van der Waals surface area contributed by atoms with Gasteiger partial charge >= 0.3 is 0 Å². The molecule has 3 rings (SSSR count). The van der Waals surface area contributed by atoms with E-state index in [2.05, 4.69) is 44.3 Å². The molecule has 1 aliphatic heterocycles. The fourth-order valence-electron chi connectivity index (χ4n) is 2.95. The van der Waals surface area contributed by atoms with Crippen molar-refractivity contribution in [3.8, 4) is 0 Å². The Kier molecular flexibility index (Phi) is 4.64. The van der Waals surface area contributed by atoms with E-state index in [1.165, 1.54) is 36.9 Å². The van der Waals surface area contributed by atoms with Crippen molar-refractivity contribution in [3.05, 3.63) is 28.2 Å². The van der Waals surface area contributed by atoms with Gasteiger partial charge in [0.25, 0.3) is 0 Å². The first-order valence-corrected chi connectivity index (χ1v) is 8.46. The summed E-state index contributed by atoms with van der Waals surface area (Å²) in [6.45, 7) is 2.24. The van der Waals surface area contributed by atoms with Gasteiger partial charge in [-0.25, -0.2) is 0 Å². The first-order chi connectivity index (χ1) is 9.78. The molecule has 1 atom stereocenters. The number of halogens is 1. The number of rotatable bonds is 5. The average molecular weight is 339 g/mol. The van der Waals surface area contributed by atoms with E-state index in [0.29, 0.717) is 0 Å². The third-order valence-corrected chi connectivity index (χ3v) is 4.97. The molecule has 1 aromatic rings. The van der Waals surface area contributed by atoms with Gasteiger partial charge in [-0.05, 0) is 65.7 Å². The predicted molar refractivity (Wildman–Crippen MR) is 86.1 cm³/mol. The van der Waals surface area contributed by atoms with Crippen LogP contribution in [0.25, 0.3) is 0 Å². The summed E-state index contributed by atoms with van der Waals surface area (Å²) in [6, 6.07) is 7.64. The molecule has 2 fully saturated rings. The zero-order chi connectivity index (χ0) is 13.9. The van der Waals surface area contributed by atoms with Crippen molar-refractivity contribution in [1.29, 1.82) is 0 Å². The molecule has 110 valence electrons. The Morgan fingerprint density at radius 1 is 1.25 bits per heavy atom. The molecule has 2 N–H and O–H groups in total. The number of aliphatic hydroxyl groups is 1. The number of hydrogen-bond donors (Lipinski definition) is 2. The fourth-order valence-corrected chi connectivity index (χ4v) is 3.60. The van der Waals surface area contributed by atoms with Gasteiger partial charge in [-0.2, -0.15) is 0 Å². The Morgan fingerprint density at radius 2 is 2.10 bits per heavy atom. The summed E-state index contributed by atoms with van der Waals surface area (Å²) in [5.74, 6) is 0. The Hall–Kier alpha value is -0.580. The summed E-state index contributed by atoms with van der Waals surface area (Å²) in [6.07, 6.45) is 6.18. The minimum Gasteiger partial charge on any atom is -0.394 e. The molecule has 4 heteroatoms. The van der Waals surface area contributed by atoms with Crippen molar-refractivity contribution in [3.63, 3.8) is 0 Å². The van der Waals surface area contributed by atoms with E-state index in [0.717, 1.165) is 30.0 Å². The lowest BCUT2D eigenvalue weighted by atomic mass is 10.0. The van der Waals surface area contributed by atoms with Crippen LogP contribution in [0.1, 0.15) is 37.7 Å². The molecule has 20 heavy (non-hydrogen) atoms. The largest absolute Gasteiger partial charge is 0.394 e. The molecule has 0 aromatic heterocycles. The van der Waals surface area contributed by atoms with Crippen molar-refractivity contribution < 1.29 is 5.11 Å². The molecule has 1 heterocycles. The third-order valence-electron chi connectivity index (χ3n) is 4.33. The number of piperidine rings is 1. The van der Waals surface area contributed by atoms with Crippen molar-refractivity contribution in [2.45, 2.75) is 50.7 Å². The molecule has 1 saturated heterocycles. The molecule has 1 unspecified atom stereocenters. The second-order valence-electron chi connectivity index (χ2n) is 5.97. The predicted octanol–water partition coefficient (Wildman–Crippen LogP) is 3.05. The molecular formula is C16H23BrN2O. The monoisotopic (exact) mass is 338 g/mol. The molecule has 1 aromatic carbocycles. The van der Waals surface area contributed by atoms with E-state index in [-0.39, 0.29) is 12.6 Å². The van der Waals surface area contributed by atoms with Crippen LogP contribution in [0.2, 0.25) is 0 Å². The molecule has 1 aliphatic carbocycles. The van der Waals surface area contributed by atoms with Crippen LogP contribution in [0.3, 0.4) is 0 Å². The first-order valence-electron chi connectivity index (χ1n) is 7.67. The topological polar surface area (TPSA) is 35.5 Å². The normalized spacial score (nSPS) is 23.1. The SMILES string of the molecule is OCC1CCCCN1c1ccc(CNC2CC2)cc1Br. The number of nitrogens with zero attached hydrogens (tertiary/aromatic N) is 1. The summed E-state index contributed by atoms with van der Waals surface area (Å²) < 4.78 is 1.15. The highest BCUT2D eigenvalue weighted by molar-refractivity contribution is 9.10. The van der Waals surface area contributed by atoms with Gasteiger partial charge in [-0.15, -0.1) is 0 Å². The summed E-state index contributed by atoms with van der Waals surface area (Å²) in [4.78, 5) is 2.35. The Morgan fingerprint density at radius 3 is 2.80 bits per heavy atom. The minimum absolute atomic E-state index is 0.247. The van der Waals surface area contributed by atoms with E-state index < -0.39 is 0 Å². The summed E-state index contributed by atoms with van der Waals surface area (Å²) in [5, 5.41) is 13.1. The minimum atomic E-state index is 0.247. The maximum Gasteiger partial charge on any atom is 0.0635 e. The highest BCUT2D eigenvalue weighted by atomic mass is 79.9. The number of aliphatic hydroxyl groups excluding tert-OH is 1. The van der Waals surface area contributed by atoms with Gasteiger partial charge in [-0.3, -0.25) is 0 Å². The summed E-state index contributed by atoms with van der Waals surface area (Å²) in [7, 11) is 0. The average Bonchev–Trinajstić information content (AvgIpc) is 3.29. The molecule has 3 nitrogen and oxygen atoms in total. The van der Waals surface area contributed by atoms with Crippen LogP contribution in [0.5, 0.6) is 0 Å². The van der Waals surface area contributed by atoms with Gasteiger partial charge in [0.1, 0.15) is 0 Å².